The van der Waals surface area contributed by atoms with Gasteiger partial charge in [0.05, 0.1) is 5.41 Å². The topological polar surface area (TPSA) is 65.1 Å². The van der Waals surface area contributed by atoms with Gasteiger partial charge in [-0.05, 0) is 38.4 Å². The fourth-order valence-electron chi connectivity index (χ4n) is 1.76. The van der Waals surface area contributed by atoms with Gasteiger partial charge in [0, 0.05) is 24.4 Å². The number of aromatic nitrogens is 1. The Hall–Kier alpha value is -1.29. The fraction of sp³-hybridized carbons (Fsp3) is 0.643. The summed E-state index contributed by atoms with van der Waals surface area (Å²) in [7, 11) is 0. The zero-order valence-corrected chi connectivity index (χ0v) is 11.7. The molecule has 0 unspecified atom stereocenters. The van der Waals surface area contributed by atoms with Crippen molar-refractivity contribution in [2.45, 2.75) is 39.5 Å². The molecule has 0 aliphatic rings. The maximum Gasteiger partial charge on any atom is 0.309 e. The van der Waals surface area contributed by atoms with E-state index in [0.29, 0.717) is 13.0 Å². The maximum atomic E-state index is 11.0. The summed E-state index contributed by atoms with van der Waals surface area (Å²) in [5.41, 5.74) is 0.644. The third-order valence-corrected chi connectivity index (χ3v) is 3.45. The van der Waals surface area contributed by atoms with Gasteiger partial charge in [0.1, 0.15) is 0 Å². The molecule has 0 radical (unpaired) electrons. The summed E-state index contributed by atoms with van der Waals surface area (Å²) in [6, 6.07) is 2.07. The van der Waals surface area contributed by atoms with Crippen molar-refractivity contribution in [3.05, 3.63) is 24.0 Å². The van der Waals surface area contributed by atoms with Crippen molar-refractivity contribution in [1.29, 1.82) is 0 Å². The van der Waals surface area contributed by atoms with E-state index >= 15 is 0 Å². The molecule has 3 N–H and O–H groups in total. The summed E-state index contributed by atoms with van der Waals surface area (Å²) in [5, 5.41) is 12.4. The second kappa shape index (κ2) is 5.57. The number of hydrogen-bond donors (Lipinski definition) is 3. The number of hydrogen-bond acceptors (Lipinski definition) is 2. The molecule has 0 fully saturated rings. The minimum Gasteiger partial charge on any atom is -0.481 e. The Bertz CT molecular complexity index is 381. The Morgan fingerprint density at radius 1 is 1.39 bits per heavy atom. The first kappa shape index (κ1) is 14.8. The van der Waals surface area contributed by atoms with Crippen molar-refractivity contribution in [2.75, 3.05) is 13.1 Å². The molecule has 1 rings (SSSR count). The minimum atomic E-state index is -0.741. The molecular formula is C14H24N2O2. The highest BCUT2D eigenvalue weighted by atomic mass is 16.4. The Morgan fingerprint density at radius 3 is 2.56 bits per heavy atom. The molecule has 18 heavy (non-hydrogen) atoms. The van der Waals surface area contributed by atoms with Crippen LogP contribution in [0.4, 0.5) is 0 Å². The molecule has 1 aromatic rings. The largest absolute Gasteiger partial charge is 0.481 e. The van der Waals surface area contributed by atoms with Crippen LogP contribution in [0.25, 0.3) is 0 Å². The Morgan fingerprint density at radius 2 is 2.06 bits per heavy atom. The van der Waals surface area contributed by atoms with Gasteiger partial charge in [0.25, 0.3) is 0 Å². The van der Waals surface area contributed by atoms with Crippen molar-refractivity contribution in [3.63, 3.8) is 0 Å². The highest BCUT2D eigenvalue weighted by molar-refractivity contribution is 5.73. The monoisotopic (exact) mass is 252 g/mol. The van der Waals surface area contributed by atoms with Gasteiger partial charge in [-0.15, -0.1) is 0 Å². The van der Waals surface area contributed by atoms with E-state index in [1.54, 1.807) is 13.8 Å². The first-order valence-electron chi connectivity index (χ1n) is 6.33. The fourth-order valence-corrected chi connectivity index (χ4v) is 1.76. The average molecular weight is 252 g/mol. The standard InChI is InChI=1S/C14H24N2O2/c1-13(2,12(17)18)6-8-16-10-14(3,4)11-5-7-15-9-11/h5,7,9,15-16H,6,8,10H2,1-4H3,(H,17,18). The molecule has 4 nitrogen and oxygen atoms in total. The Labute approximate surface area is 109 Å². The number of aromatic amines is 1. The summed E-state index contributed by atoms with van der Waals surface area (Å²) >= 11 is 0. The molecule has 0 aliphatic carbocycles. The normalized spacial score (nSPS) is 12.7. The van der Waals surface area contributed by atoms with E-state index in [1.807, 2.05) is 12.4 Å². The molecular weight excluding hydrogens is 228 g/mol. The molecule has 1 aromatic heterocycles. The summed E-state index contributed by atoms with van der Waals surface area (Å²) < 4.78 is 0. The van der Waals surface area contributed by atoms with Gasteiger partial charge in [0.2, 0.25) is 0 Å². The van der Waals surface area contributed by atoms with Crippen LogP contribution in [0, 0.1) is 5.41 Å². The van der Waals surface area contributed by atoms with E-state index in [2.05, 4.69) is 30.2 Å². The van der Waals surface area contributed by atoms with Crippen LogP contribution in [-0.4, -0.2) is 29.1 Å². The van der Waals surface area contributed by atoms with Crippen molar-refractivity contribution < 1.29 is 9.90 Å². The molecule has 0 aromatic carbocycles. The lowest BCUT2D eigenvalue weighted by molar-refractivity contribution is -0.147. The van der Waals surface area contributed by atoms with Gasteiger partial charge in [-0.2, -0.15) is 0 Å². The van der Waals surface area contributed by atoms with Crippen LogP contribution in [0.3, 0.4) is 0 Å². The molecule has 0 atom stereocenters. The Kier molecular flexibility index (Phi) is 4.57. The average Bonchev–Trinajstić information content (AvgIpc) is 2.78. The van der Waals surface area contributed by atoms with Gasteiger partial charge in [0.15, 0.2) is 0 Å². The van der Waals surface area contributed by atoms with Crippen LogP contribution in [0.15, 0.2) is 18.5 Å². The van der Waals surface area contributed by atoms with E-state index in [-0.39, 0.29) is 5.41 Å². The molecule has 0 aliphatic heterocycles. The van der Waals surface area contributed by atoms with E-state index in [4.69, 9.17) is 5.11 Å². The first-order valence-corrected chi connectivity index (χ1v) is 6.33. The molecule has 4 heteroatoms. The van der Waals surface area contributed by atoms with Crippen molar-refractivity contribution in [2.24, 2.45) is 5.41 Å². The molecule has 0 spiro atoms. The quantitative estimate of drug-likeness (QED) is 0.653. The van der Waals surface area contributed by atoms with Gasteiger partial charge >= 0.3 is 5.97 Å². The Balaban J connectivity index is 2.37. The number of aliphatic carboxylic acids is 1. The van der Waals surface area contributed by atoms with Gasteiger partial charge in [-0.25, -0.2) is 0 Å². The summed E-state index contributed by atoms with van der Waals surface area (Å²) in [5.74, 6) is -0.741. The van der Waals surface area contributed by atoms with E-state index in [9.17, 15) is 4.79 Å². The lowest BCUT2D eigenvalue weighted by Gasteiger charge is -2.25. The van der Waals surface area contributed by atoms with Crippen LogP contribution < -0.4 is 5.32 Å². The minimum absolute atomic E-state index is 0.0490. The number of H-pyrrole nitrogens is 1. The lowest BCUT2D eigenvalue weighted by atomic mass is 9.86. The molecule has 0 saturated carbocycles. The zero-order valence-electron chi connectivity index (χ0n) is 11.7. The number of carboxylic acid groups (broad SMARTS) is 1. The zero-order chi connectivity index (χ0) is 13.8. The van der Waals surface area contributed by atoms with Crippen LogP contribution in [0.5, 0.6) is 0 Å². The van der Waals surface area contributed by atoms with E-state index < -0.39 is 11.4 Å². The third-order valence-electron chi connectivity index (χ3n) is 3.45. The predicted octanol–water partition coefficient (Wildman–Crippen LogP) is 2.38. The third kappa shape index (κ3) is 3.88. The van der Waals surface area contributed by atoms with Crippen LogP contribution in [0.2, 0.25) is 0 Å². The summed E-state index contributed by atoms with van der Waals surface area (Å²) in [4.78, 5) is 14.0. The molecule has 0 bridgehead atoms. The van der Waals surface area contributed by atoms with Crippen molar-refractivity contribution >= 4 is 5.97 Å². The smallest absolute Gasteiger partial charge is 0.309 e. The highest BCUT2D eigenvalue weighted by Crippen LogP contribution is 2.22. The van der Waals surface area contributed by atoms with Gasteiger partial charge in [-0.1, -0.05) is 13.8 Å². The summed E-state index contributed by atoms with van der Waals surface area (Å²) in [6.07, 6.45) is 4.55. The van der Waals surface area contributed by atoms with Crippen LogP contribution >= 0.6 is 0 Å². The van der Waals surface area contributed by atoms with Gasteiger partial charge in [-0.3, -0.25) is 4.79 Å². The molecule has 0 saturated heterocycles. The number of rotatable bonds is 7. The molecule has 102 valence electrons. The molecule has 0 amide bonds. The number of carboxylic acids is 1. The van der Waals surface area contributed by atoms with Crippen LogP contribution in [-0.2, 0) is 10.2 Å². The first-order chi connectivity index (χ1) is 8.26. The van der Waals surface area contributed by atoms with Gasteiger partial charge < -0.3 is 15.4 Å². The maximum absolute atomic E-state index is 11.0. The highest BCUT2D eigenvalue weighted by Gasteiger charge is 2.27. The SMILES string of the molecule is CC(C)(CCNCC(C)(C)c1cc[nH]c1)C(=O)O. The van der Waals surface area contributed by atoms with E-state index in [0.717, 1.165) is 6.54 Å². The second-order valence-corrected chi connectivity index (χ2v) is 6.10. The molecule has 1 heterocycles. The van der Waals surface area contributed by atoms with Crippen molar-refractivity contribution in [3.8, 4) is 0 Å². The van der Waals surface area contributed by atoms with Crippen LogP contribution in [0.1, 0.15) is 39.7 Å². The number of nitrogens with one attached hydrogen (secondary N) is 2. The number of carbonyl (C=O) groups is 1. The lowest BCUT2D eigenvalue weighted by Crippen LogP contribution is -2.36. The van der Waals surface area contributed by atoms with E-state index in [1.165, 1.54) is 5.56 Å². The van der Waals surface area contributed by atoms with Crippen molar-refractivity contribution in [1.82, 2.24) is 10.3 Å². The predicted molar refractivity (Wildman–Crippen MR) is 72.7 cm³/mol. The second-order valence-electron chi connectivity index (χ2n) is 6.10. The summed E-state index contributed by atoms with van der Waals surface area (Å²) in [6.45, 7) is 9.41.